The van der Waals surface area contributed by atoms with Gasteiger partial charge in [0.2, 0.25) is 0 Å². The van der Waals surface area contributed by atoms with Gasteiger partial charge in [0, 0.05) is 16.6 Å². The van der Waals surface area contributed by atoms with Gasteiger partial charge in [-0.3, -0.25) is 4.79 Å². The highest BCUT2D eigenvalue weighted by molar-refractivity contribution is 6.30. The van der Waals surface area contributed by atoms with Gasteiger partial charge in [-0.25, -0.2) is 0 Å². The van der Waals surface area contributed by atoms with Crippen molar-refractivity contribution in [3.8, 4) is 5.75 Å². The van der Waals surface area contributed by atoms with E-state index in [0.29, 0.717) is 10.8 Å². The van der Waals surface area contributed by atoms with Crippen molar-refractivity contribution in [2.45, 2.75) is 26.8 Å². The van der Waals surface area contributed by atoms with E-state index >= 15 is 0 Å². The molecule has 112 valence electrons. The Balaban J connectivity index is 2.90. The summed E-state index contributed by atoms with van der Waals surface area (Å²) in [5.74, 6) is 0.419. The summed E-state index contributed by atoms with van der Waals surface area (Å²) in [4.78, 5) is 11.6. The standard InChI is InChI=1S/C15H22ClNO3/c1-10(17-4)12-8-11(16)6-7-13(12)20-9-15(2,3)14(18)19-5/h6-8,10,17H,9H2,1-5H3. The van der Waals surface area contributed by atoms with Crippen molar-refractivity contribution in [3.05, 3.63) is 28.8 Å². The van der Waals surface area contributed by atoms with Crippen molar-refractivity contribution >= 4 is 17.6 Å². The maximum atomic E-state index is 11.6. The minimum absolute atomic E-state index is 0.102. The molecule has 1 unspecified atom stereocenters. The van der Waals surface area contributed by atoms with Crippen molar-refractivity contribution in [1.29, 1.82) is 0 Å². The quantitative estimate of drug-likeness (QED) is 0.820. The van der Waals surface area contributed by atoms with Crippen molar-refractivity contribution < 1.29 is 14.3 Å². The van der Waals surface area contributed by atoms with Crippen LogP contribution in [0.15, 0.2) is 18.2 Å². The fourth-order valence-electron chi connectivity index (χ4n) is 1.74. The Bertz CT molecular complexity index is 474. The molecule has 1 aromatic rings. The van der Waals surface area contributed by atoms with E-state index in [2.05, 4.69) is 5.32 Å². The maximum absolute atomic E-state index is 11.6. The lowest BCUT2D eigenvalue weighted by Crippen LogP contribution is -2.32. The van der Waals surface area contributed by atoms with Gasteiger partial charge in [0.15, 0.2) is 0 Å². The Kier molecular flexibility index (Phi) is 5.84. The molecular weight excluding hydrogens is 278 g/mol. The normalized spacial score (nSPS) is 12.9. The molecule has 4 nitrogen and oxygen atoms in total. The zero-order valence-corrected chi connectivity index (χ0v) is 13.4. The molecule has 0 saturated heterocycles. The van der Waals surface area contributed by atoms with Crippen LogP contribution < -0.4 is 10.1 Å². The third-order valence-electron chi connectivity index (χ3n) is 3.20. The maximum Gasteiger partial charge on any atom is 0.314 e. The predicted octanol–water partition coefficient (Wildman–Crippen LogP) is 3.20. The van der Waals surface area contributed by atoms with Gasteiger partial charge >= 0.3 is 5.97 Å². The topological polar surface area (TPSA) is 47.6 Å². The molecule has 0 spiro atoms. The van der Waals surface area contributed by atoms with Crippen LogP contribution in [-0.2, 0) is 9.53 Å². The second-order valence-corrected chi connectivity index (χ2v) is 5.79. The summed E-state index contributed by atoms with van der Waals surface area (Å²) in [5, 5.41) is 3.80. The van der Waals surface area contributed by atoms with E-state index in [1.807, 2.05) is 26.1 Å². The zero-order chi connectivity index (χ0) is 15.3. The first kappa shape index (κ1) is 16.8. The molecule has 0 amide bonds. The lowest BCUT2D eigenvalue weighted by molar-refractivity contribution is -0.152. The van der Waals surface area contributed by atoms with Gasteiger partial charge in [0.25, 0.3) is 0 Å². The third-order valence-corrected chi connectivity index (χ3v) is 3.43. The van der Waals surface area contributed by atoms with Gasteiger partial charge in [-0.2, -0.15) is 0 Å². The molecule has 1 rings (SSSR count). The van der Waals surface area contributed by atoms with E-state index in [4.69, 9.17) is 21.1 Å². The van der Waals surface area contributed by atoms with E-state index in [1.54, 1.807) is 19.9 Å². The van der Waals surface area contributed by atoms with Crippen molar-refractivity contribution in [2.24, 2.45) is 5.41 Å². The summed E-state index contributed by atoms with van der Waals surface area (Å²) in [7, 11) is 3.24. The molecule has 0 aliphatic carbocycles. The molecule has 0 aliphatic rings. The smallest absolute Gasteiger partial charge is 0.314 e. The number of carbonyl (C=O) groups is 1. The van der Waals surface area contributed by atoms with Gasteiger partial charge in [-0.15, -0.1) is 0 Å². The van der Waals surface area contributed by atoms with Crippen LogP contribution in [-0.4, -0.2) is 26.7 Å². The second-order valence-electron chi connectivity index (χ2n) is 5.36. The van der Waals surface area contributed by atoms with Crippen LogP contribution >= 0.6 is 11.6 Å². The van der Waals surface area contributed by atoms with Gasteiger partial charge in [0.1, 0.15) is 12.4 Å². The Hall–Kier alpha value is -1.26. The minimum Gasteiger partial charge on any atom is -0.492 e. The lowest BCUT2D eigenvalue weighted by Gasteiger charge is -2.24. The summed E-state index contributed by atoms with van der Waals surface area (Å²) in [6.45, 7) is 5.83. The molecule has 0 fully saturated rings. The molecule has 1 N–H and O–H groups in total. The minimum atomic E-state index is -0.700. The molecular formula is C15H22ClNO3. The Labute approximate surface area is 125 Å². The molecule has 0 heterocycles. The lowest BCUT2D eigenvalue weighted by atomic mass is 9.95. The molecule has 1 aromatic carbocycles. The summed E-state index contributed by atoms with van der Waals surface area (Å²) in [6, 6.07) is 5.56. The van der Waals surface area contributed by atoms with E-state index < -0.39 is 5.41 Å². The number of rotatable bonds is 6. The van der Waals surface area contributed by atoms with E-state index in [0.717, 1.165) is 5.56 Å². The SMILES string of the molecule is CNC(C)c1cc(Cl)ccc1OCC(C)(C)C(=O)OC. The highest BCUT2D eigenvalue weighted by Gasteiger charge is 2.30. The number of nitrogens with one attached hydrogen (secondary N) is 1. The average Bonchev–Trinajstić information content (AvgIpc) is 2.44. The number of benzene rings is 1. The molecule has 0 bridgehead atoms. The molecule has 0 radical (unpaired) electrons. The Morgan fingerprint density at radius 3 is 2.65 bits per heavy atom. The largest absolute Gasteiger partial charge is 0.492 e. The van der Waals surface area contributed by atoms with Crippen LogP contribution in [0, 0.1) is 5.41 Å². The fraction of sp³-hybridized carbons (Fsp3) is 0.533. The number of esters is 1. The number of ether oxygens (including phenoxy) is 2. The van der Waals surface area contributed by atoms with Crippen LogP contribution in [0.2, 0.25) is 5.02 Å². The summed E-state index contributed by atoms with van der Waals surface area (Å²) in [5.41, 5.74) is 0.259. The van der Waals surface area contributed by atoms with E-state index in [9.17, 15) is 4.79 Å². The van der Waals surface area contributed by atoms with Gasteiger partial charge in [-0.05, 0) is 46.0 Å². The van der Waals surface area contributed by atoms with Crippen LogP contribution in [0.4, 0.5) is 0 Å². The van der Waals surface area contributed by atoms with Crippen LogP contribution in [0.5, 0.6) is 5.75 Å². The van der Waals surface area contributed by atoms with Gasteiger partial charge < -0.3 is 14.8 Å². The number of carbonyl (C=O) groups excluding carboxylic acids is 1. The first-order valence-electron chi connectivity index (χ1n) is 6.49. The number of hydrogen-bond donors (Lipinski definition) is 1. The first-order chi connectivity index (χ1) is 9.31. The number of halogens is 1. The zero-order valence-electron chi connectivity index (χ0n) is 12.6. The molecule has 1 atom stereocenters. The fourth-order valence-corrected chi connectivity index (χ4v) is 1.92. The van der Waals surface area contributed by atoms with Gasteiger partial charge in [0.05, 0.1) is 12.5 Å². The molecule has 0 saturated carbocycles. The summed E-state index contributed by atoms with van der Waals surface area (Å²) < 4.78 is 10.6. The first-order valence-corrected chi connectivity index (χ1v) is 6.87. The number of methoxy groups -OCH3 is 1. The van der Waals surface area contributed by atoms with Crippen LogP contribution in [0.25, 0.3) is 0 Å². The number of hydrogen-bond acceptors (Lipinski definition) is 4. The Morgan fingerprint density at radius 1 is 1.45 bits per heavy atom. The van der Waals surface area contributed by atoms with Crippen molar-refractivity contribution in [2.75, 3.05) is 20.8 Å². The highest BCUT2D eigenvalue weighted by atomic mass is 35.5. The monoisotopic (exact) mass is 299 g/mol. The summed E-state index contributed by atoms with van der Waals surface area (Å²) in [6.07, 6.45) is 0. The highest BCUT2D eigenvalue weighted by Crippen LogP contribution is 2.30. The van der Waals surface area contributed by atoms with E-state index in [-0.39, 0.29) is 18.6 Å². The Morgan fingerprint density at radius 2 is 2.10 bits per heavy atom. The van der Waals surface area contributed by atoms with Gasteiger partial charge in [-0.1, -0.05) is 11.6 Å². The molecule has 0 aliphatic heterocycles. The van der Waals surface area contributed by atoms with Crippen molar-refractivity contribution in [1.82, 2.24) is 5.32 Å². The predicted molar refractivity (Wildman–Crippen MR) is 80.2 cm³/mol. The molecule has 5 heteroatoms. The summed E-state index contributed by atoms with van der Waals surface area (Å²) >= 11 is 6.02. The molecule has 0 aromatic heterocycles. The average molecular weight is 300 g/mol. The van der Waals surface area contributed by atoms with Crippen LogP contribution in [0.1, 0.15) is 32.4 Å². The second kappa shape index (κ2) is 6.95. The van der Waals surface area contributed by atoms with Crippen molar-refractivity contribution in [3.63, 3.8) is 0 Å². The molecule has 20 heavy (non-hydrogen) atoms. The van der Waals surface area contributed by atoms with E-state index in [1.165, 1.54) is 7.11 Å². The third kappa shape index (κ3) is 4.12. The van der Waals surface area contributed by atoms with Crippen LogP contribution in [0.3, 0.4) is 0 Å².